The maximum absolute atomic E-state index is 13.8. The van der Waals surface area contributed by atoms with Gasteiger partial charge in [-0.3, -0.25) is 9.59 Å². The van der Waals surface area contributed by atoms with Gasteiger partial charge in [0.1, 0.15) is 11.6 Å². The molecular formula is C26H24ClFN2O5. The van der Waals surface area contributed by atoms with Crippen LogP contribution in [0.25, 0.3) is 0 Å². The first-order chi connectivity index (χ1) is 16.8. The summed E-state index contributed by atoms with van der Waals surface area (Å²) in [4.78, 5) is 28.7. The van der Waals surface area contributed by atoms with E-state index in [1.54, 1.807) is 38.4 Å². The van der Waals surface area contributed by atoms with Gasteiger partial charge in [-0.05, 0) is 53.6 Å². The highest BCUT2D eigenvalue weighted by atomic mass is 35.5. The molecule has 35 heavy (non-hydrogen) atoms. The predicted molar refractivity (Wildman–Crippen MR) is 130 cm³/mol. The van der Waals surface area contributed by atoms with Crippen molar-refractivity contribution in [2.75, 3.05) is 33.7 Å². The number of rotatable bonds is 6. The average molecular weight is 499 g/mol. The van der Waals surface area contributed by atoms with E-state index in [-0.39, 0.29) is 16.6 Å². The fourth-order valence-electron chi connectivity index (χ4n) is 4.35. The summed E-state index contributed by atoms with van der Waals surface area (Å²) in [7, 11) is 6.16. The molecule has 0 saturated carbocycles. The molecule has 2 amide bonds. The fourth-order valence-corrected chi connectivity index (χ4v) is 4.56. The van der Waals surface area contributed by atoms with Gasteiger partial charge < -0.3 is 24.4 Å². The molecule has 0 fully saturated rings. The van der Waals surface area contributed by atoms with Crippen molar-refractivity contribution in [3.63, 3.8) is 0 Å². The molecule has 3 aromatic carbocycles. The highest BCUT2D eigenvalue weighted by molar-refractivity contribution is 6.33. The van der Waals surface area contributed by atoms with E-state index in [1.807, 2.05) is 12.1 Å². The number of ether oxygens (including phenoxy) is 3. The summed E-state index contributed by atoms with van der Waals surface area (Å²) in [5.74, 6) is -0.662. The van der Waals surface area contributed by atoms with Crippen LogP contribution in [-0.2, 0) is 4.79 Å². The van der Waals surface area contributed by atoms with E-state index < -0.39 is 23.7 Å². The molecule has 7 nitrogen and oxygen atoms in total. The van der Waals surface area contributed by atoms with E-state index >= 15 is 0 Å². The zero-order valence-corrected chi connectivity index (χ0v) is 20.4. The first kappa shape index (κ1) is 24.3. The van der Waals surface area contributed by atoms with Gasteiger partial charge >= 0.3 is 0 Å². The van der Waals surface area contributed by atoms with Crippen molar-refractivity contribution < 1.29 is 28.2 Å². The Balaban J connectivity index is 1.87. The maximum Gasteiger partial charge on any atom is 0.254 e. The molecule has 1 aliphatic rings. The lowest BCUT2D eigenvalue weighted by Gasteiger charge is -2.40. The molecule has 1 N–H and O–H groups in total. The third-order valence-electron chi connectivity index (χ3n) is 6.10. The predicted octanol–water partition coefficient (Wildman–Crippen LogP) is 5.05. The molecule has 0 aliphatic carbocycles. The average Bonchev–Trinajstić information content (AvgIpc) is 2.86. The number of anilines is 1. The number of nitrogens with one attached hydrogen (secondary N) is 1. The minimum absolute atomic E-state index is 0.0622. The first-order valence-corrected chi connectivity index (χ1v) is 11.1. The Labute approximate surface area is 207 Å². The zero-order valence-electron chi connectivity index (χ0n) is 19.6. The van der Waals surface area contributed by atoms with Crippen molar-refractivity contribution in [3.05, 3.63) is 82.1 Å². The van der Waals surface area contributed by atoms with Crippen molar-refractivity contribution in [3.8, 4) is 17.2 Å². The smallest absolute Gasteiger partial charge is 0.254 e. The Morgan fingerprint density at radius 2 is 1.63 bits per heavy atom. The molecular weight excluding hydrogens is 475 g/mol. The lowest BCUT2D eigenvalue weighted by Crippen LogP contribution is -2.44. The van der Waals surface area contributed by atoms with Crippen LogP contribution in [-0.4, -0.2) is 45.1 Å². The number of hydrogen-bond donors (Lipinski definition) is 1. The fraction of sp³-hybridized carbons (Fsp3) is 0.231. The van der Waals surface area contributed by atoms with E-state index in [4.69, 9.17) is 25.8 Å². The topological polar surface area (TPSA) is 77.1 Å². The van der Waals surface area contributed by atoms with Gasteiger partial charge in [-0.25, -0.2) is 4.39 Å². The van der Waals surface area contributed by atoms with E-state index in [2.05, 4.69) is 5.32 Å². The van der Waals surface area contributed by atoms with Crippen LogP contribution in [0.15, 0.2) is 54.6 Å². The van der Waals surface area contributed by atoms with Crippen LogP contribution in [0, 0.1) is 5.82 Å². The van der Waals surface area contributed by atoms with Gasteiger partial charge in [0.05, 0.1) is 44.0 Å². The van der Waals surface area contributed by atoms with Crippen LogP contribution in [0.1, 0.15) is 33.4 Å². The second-order valence-electron chi connectivity index (χ2n) is 8.02. The number of halogens is 2. The number of methoxy groups -OCH3 is 3. The Bertz CT molecular complexity index is 1280. The van der Waals surface area contributed by atoms with E-state index in [1.165, 1.54) is 31.3 Å². The Morgan fingerprint density at radius 1 is 0.971 bits per heavy atom. The van der Waals surface area contributed by atoms with Gasteiger partial charge in [0, 0.05) is 12.6 Å². The number of benzene rings is 3. The van der Waals surface area contributed by atoms with Crippen LogP contribution in [0.5, 0.6) is 17.2 Å². The van der Waals surface area contributed by atoms with Crippen molar-refractivity contribution in [1.29, 1.82) is 0 Å². The highest BCUT2D eigenvalue weighted by Gasteiger charge is 2.43. The molecule has 0 aromatic heterocycles. The van der Waals surface area contributed by atoms with Gasteiger partial charge in [0.2, 0.25) is 5.91 Å². The lowest BCUT2D eigenvalue weighted by molar-refractivity contribution is -0.119. The van der Waals surface area contributed by atoms with Gasteiger partial charge in [-0.1, -0.05) is 23.7 Å². The molecule has 182 valence electrons. The SMILES string of the molecule is COc1ccc([C@H]2[C@H](C(=O)Nc3ccc(F)cc3Cl)c3cc(OC)c(OC)cc3C(=O)N2C)cc1. The van der Waals surface area contributed by atoms with Crippen molar-refractivity contribution in [1.82, 2.24) is 4.90 Å². The standard InChI is InChI=1S/C26H24ClFN2O5/c1-30-24(14-5-8-16(33-2)9-6-14)23(25(31)29-20-10-7-15(28)11-19(20)27)17-12-21(34-3)22(35-4)13-18(17)26(30)32/h5-13,23-24H,1-4H3,(H,29,31)/t23-,24+/m1/s1. The van der Waals surface area contributed by atoms with E-state index in [9.17, 15) is 14.0 Å². The molecule has 0 saturated heterocycles. The molecule has 2 atom stereocenters. The monoisotopic (exact) mass is 498 g/mol. The molecule has 4 rings (SSSR count). The zero-order chi connectivity index (χ0) is 25.3. The summed E-state index contributed by atoms with van der Waals surface area (Å²) in [5, 5.41) is 2.86. The molecule has 0 bridgehead atoms. The summed E-state index contributed by atoms with van der Waals surface area (Å²) >= 11 is 6.17. The van der Waals surface area contributed by atoms with E-state index in [0.717, 1.165) is 11.6 Å². The Kier molecular flexibility index (Phi) is 6.84. The summed E-state index contributed by atoms with van der Waals surface area (Å²) in [6.07, 6.45) is 0. The Hall–Kier alpha value is -3.78. The van der Waals surface area contributed by atoms with Crippen LogP contribution in [0.2, 0.25) is 5.02 Å². The summed E-state index contributed by atoms with van der Waals surface area (Å²) < 4.78 is 29.6. The van der Waals surface area contributed by atoms with Crippen molar-refractivity contribution >= 4 is 29.1 Å². The van der Waals surface area contributed by atoms with Gasteiger partial charge in [0.15, 0.2) is 11.5 Å². The number of nitrogens with zero attached hydrogens (tertiary/aromatic N) is 1. The highest BCUT2D eigenvalue weighted by Crippen LogP contribution is 2.46. The third kappa shape index (κ3) is 4.49. The first-order valence-electron chi connectivity index (χ1n) is 10.7. The molecule has 1 heterocycles. The van der Waals surface area contributed by atoms with Crippen LogP contribution in [0.4, 0.5) is 10.1 Å². The number of amides is 2. The lowest BCUT2D eigenvalue weighted by atomic mass is 9.79. The van der Waals surface area contributed by atoms with Gasteiger partial charge in [-0.2, -0.15) is 0 Å². The van der Waals surface area contributed by atoms with Crippen LogP contribution in [0.3, 0.4) is 0 Å². The molecule has 1 aliphatic heterocycles. The normalized spacial score (nSPS) is 17.0. The van der Waals surface area contributed by atoms with Crippen molar-refractivity contribution in [2.24, 2.45) is 0 Å². The molecule has 0 spiro atoms. The number of hydrogen-bond acceptors (Lipinski definition) is 5. The third-order valence-corrected chi connectivity index (χ3v) is 6.42. The number of carbonyl (C=O) groups excluding carboxylic acids is 2. The molecule has 9 heteroatoms. The Morgan fingerprint density at radius 3 is 2.23 bits per heavy atom. The van der Waals surface area contributed by atoms with Crippen LogP contribution < -0.4 is 19.5 Å². The molecule has 0 unspecified atom stereocenters. The van der Waals surface area contributed by atoms with E-state index in [0.29, 0.717) is 28.4 Å². The minimum atomic E-state index is -0.845. The van der Waals surface area contributed by atoms with Crippen LogP contribution >= 0.6 is 11.6 Å². The number of carbonyl (C=O) groups is 2. The summed E-state index contributed by atoms with van der Waals surface area (Å²) in [5.41, 5.74) is 1.78. The summed E-state index contributed by atoms with van der Waals surface area (Å²) in [6, 6.07) is 13.4. The second-order valence-corrected chi connectivity index (χ2v) is 8.43. The van der Waals surface area contributed by atoms with Gasteiger partial charge in [-0.15, -0.1) is 0 Å². The quantitative estimate of drug-likeness (QED) is 0.514. The largest absolute Gasteiger partial charge is 0.497 e. The minimum Gasteiger partial charge on any atom is -0.497 e. The second kappa shape index (κ2) is 9.84. The maximum atomic E-state index is 13.8. The number of likely N-dealkylation sites (N-methyl/N-ethyl adjacent to an activating group) is 1. The van der Waals surface area contributed by atoms with Gasteiger partial charge in [0.25, 0.3) is 5.91 Å². The van der Waals surface area contributed by atoms with Crippen molar-refractivity contribution in [2.45, 2.75) is 12.0 Å². The summed E-state index contributed by atoms with van der Waals surface area (Å²) in [6.45, 7) is 0. The number of fused-ring (bicyclic) bond motifs is 1. The molecule has 3 aromatic rings. The molecule has 0 radical (unpaired) electrons.